The van der Waals surface area contributed by atoms with Crippen LogP contribution in [0, 0.1) is 0 Å². The number of alkyl carbamates (subject to hydrolysis) is 1. The highest BCUT2D eigenvalue weighted by molar-refractivity contribution is 5.68. The molecule has 0 aliphatic heterocycles. The maximum absolute atomic E-state index is 12.6. The monoisotopic (exact) mass is 300 g/mol. The Morgan fingerprint density at radius 3 is 2.48 bits per heavy atom. The van der Waals surface area contributed by atoms with Crippen molar-refractivity contribution in [2.45, 2.75) is 52.3 Å². The Bertz CT molecular complexity index is 473. The first-order chi connectivity index (χ1) is 9.69. The first kappa shape index (κ1) is 17.2. The van der Waals surface area contributed by atoms with Gasteiger partial charge >= 0.3 is 6.09 Å². The lowest BCUT2D eigenvalue weighted by Gasteiger charge is -2.21. The van der Waals surface area contributed by atoms with E-state index < -0.39 is 24.2 Å². The van der Waals surface area contributed by atoms with Crippen molar-refractivity contribution < 1.29 is 18.3 Å². The number of amides is 1. The molecule has 4 nitrogen and oxygen atoms in total. The number of anilines is 1. The Labute approximate surface area is 123 Å². The van der Waals surface area contributed by atoms with Gasteiger partial charge in [0.15, 0.2) is 0 Å². The highest BCUT2D eigenvalue weighted by atomic mass is 19.3. The zero-order valence-electron chi connectivity index (χ0n) is 12.7. The molecule has 0 radical (unpaired) electrons. The first-order valence-corrected chi connectivity index (χ1v) is 6.78. The van der Waals surface area contributed by atoms with Crippen molar-refractivity contribution in [2.75, 3.05) is 5.32 Å². The van der Waals surface area contributed by atoms with Crippen LogP contribution in [0.2, 0.25) is 0 Å². The highest BCUT2D eigenvalue weighted by Gasteiger charge is 2.17. The number of halogens is 2. The SMILES string of the molecule is CC(Nc1ccccc1CNC(=O)OC(C)(C)C)C(F)F. The molecule has 1 aromatic rings. The fraction of sp³-hybridized carbons (Fsp3) is 0.533. The fourth-order valence-electron chi connectivity index (χ4n) is 1.61. The summed E-state index contributed by atoms with van der Waals surface area (Å²) in [5.74, 6) is 0. The fourth-order valence-corrected chi connectivity index (χ4v) is 1.61. The molecular formula is C15H22F2N2O2. The standard InChI is InChI=1S/C15H22F2N2O2/c1-10(13(16)17)19-12-8-6-5-7-11(12)9-18-14(20)21-15(2,3)4/h5-8,10,13,19H,9H2,1-4H3,(H,18,20). The molecule has 0 aromatic heterocycles. The molecule has 0 spiro atoms. The van der Waals surface area contributed by atoms with E-state index in [9.17, 15) is 13.6 Å². The number of rotatable bonds is 5. The smallest absolute Gasteiger partial charge is 0.407 e. The number of nitrogens with one attached hydrogen (secondary N) is 2. The summed E-state index contributed by atoms with van der Waals surface area (Å²) < 4.78 is 30.3. The van der Waals surface area contributed by atoms with Crippen LogP contribution in [0.1, 0.15) is 33.3 Å². The van der Waals surface area contributed by atoms with Gasteiger partial charge in [0.05, 0.1) is 6.04 Å². The third-order valence-corrected chi connectivity index (χ3v) is 2.60. The van der Waals surface area contributed by atoms with Crippen LogP contribution in [-0.4, -0.2) is 24.2 Å². The lowest BCUT2D eigenvalue weighted by atomic mass is 10.1. The van der Waals surface area contributed by atoms with Crippen LogP contribution in [0.25, 0.3) is 0 Å². The molecule has 0 saturated heterocycles. The summed E-state index contributed by atoms with van der Waals surface area (Å²) in [4.78, 5) is 11.6. The number of hydrogen-bond acceptors (Lipinski definition) is 3. The van der Waals surface area contributed by atoms with Crippen LogP contribution in [0.4, 0.5) is 19.3 Å². The van der Waals surface area contributed by atoms with Crippen molar-refractivity contribution in [3.05, 3.63) is 29.8 Å². The molecule has 1 rings (SSSR count). The molecule has 1 aromatic carbocycles. The summed E-state index contributed by atoms with van der Waals surface area (Å²) in [5, 5.41) is 5.35. The van der Waals surface area contributed by atoms with Crippen LogP contribution >= 0.6 is 0 Å². The largest absolute Gasteiger partial charge is 0.444 e. The molecular weight excluding hydrogens is 278 g/mol. The quantitative estimate of drug-likeness (QED) is 0.870. The second-order valence-corrected chi connectivity index (χ2v) is 5.78. The lowest BCUT2D eigenvalue weighted by molar-refractivity contribution is 0.0523. The van der Waals surface area contributed by atoms with Crippen molar-refractivity contribution in [1.29, 1.82) is 0 Å². The van der Waals surface area contributed by atoms with E-state index in [1.54, 1.807) is 45.0 Å². The minimum atomic E-state index is -2.46. The van der Waals surface area contributed by atoms with Gasteiger partial charge in [-0.1, -0.05) is 18.2 Å². The van der Waals surface area contributed by atoms with Crippen molar-refractivity contribution in [3.63, 3.8) is 0 Å². The summed E-state index contributed by atoms with van der Waals surface area (Å²) in [6, 6.07) is 6.03. The van der Waals surface area contributed by atoms with E-state index in [1.165, 1.54) is 6.92 Å². The average Bonchev–Trinajstić information content (AvgIpc) is 2.35. The van der Waals surface area contributed by atoms with Gasteiger partial charge in [-0.05, 0) is 39.3 Å². The molecule has 1 unspecified atom stereocenters. The van der Waals surface area contributed by atoms with Crippen molar-refractivity contribution in [3.8, 4) is 0 Å². The van der Waals surface area contributed by atoms with Crippen molar-refractivity contribution >= 4 is 11.8 Å². The third-order valence-electron chi connectivity index (χ3n) is 2.60. The molecule has 0 fully saturated rings. The molecule has 21 heavy (non-hydrogen) atoms. The Morgan fingerprint density at radius 2 is 1.90 bits per heavy atom. The Kier molecular flexibility index (Phi) is 5.93. The van der Waals surface area contributed by atoms with Crippen molar-refractivity contribution in [2.24, 2.45) is 0 Å². The van der Waals surface area contributed by atoms with E-state index in [0.29, 0.717) is 5.69 Å². The maximum Gasteiger partial charge on any atom is 0.407 e. The van der Waals surface area contributed by atoms with E-state index in [2.05, 4.69) is 10.6 Å². The van der Waals surface area contributed by atoms with Gasteiger partial charge in [0, 0.05) is 12.2 Å². The summed E-state index contributed by atoms with van der Waals surface area (Å²) in [7, 11) is 0. The van der Waals surface area contributed by atoms with Gasteiger partial charge in [0.1, 0.15) is 5.60 Å². The normalized spacial score (nSPS) is 12.9. The number of benzene rings is 1. The zero-order chi connectivity index (χ0) is 16.0. The maximum atomic E-state index is 12.6. The van der Waals surface area contributed by atoms with E-state index in [4.69, 9.17) is 4.74 Å². The van der Waals surface area contributed by atoms with Crippen molar-refractivity contribution in [1.82, 2.24) is 5.32 Å². The predicted molar refractivity (Wildman–Crippen MR) is 78.6 cm³/mol. The van der Waals surface area contributed by atoms with Gasteiger partial charge in [-0.2, -0.15) is 0 Å². The molecule has 0 bridgehead atoms. The molecule has 0 heterocycles. The summed E-state index contributed by atoms with van der Waals surface area (Å²) in [5.41, 5.74) is 0.712. The van der Waals surface area contributed by atoms with Crippen LogP contribution in [0.15, 0.2) is 24.3 Å². The number of carbonyl (C=O) groups is 1. The van der Waals surface area contributed by atoms with Gasteiger partial charge in [-0.3, -0.25) is 0 Å². The van der Waals surface area contributed by atoms with E-state index >= 15 is 0 Å². The van der Waals surface area contributed by atoms with Gasteiger partial charge in [0.25, 0.3) is 6.43 Å². The molecule has 0 aliphatic rings. The minimum Gasteiger partial charge on any atom is -0.444 e. The number of carbonyl (C=O) groups excluding carboxylic acids is 1. The van der Waals surface area contributed by atoms with Crippen LogP contribution in [0.3, 0.4) is 0 Å². The van der Waals surface area contributed by atoms with Gasteiger partial charge < -0.3 is 15.4 Å². The highest BCUT2D eigenvalue weighted by Crippen LogP contribution is 2.18. The second-order valence-electron chi connectivity index (χ2n) is 5.78. The average molecular weight is 300 g/mol. The summed E-state index contributed by atoms with van der Waals surface area (Å²) >= 11 is 0. The van der Waals surface area contributed by atoms with Gasteiger partial charge in [-0.15, -0.1) is 0 Å². The van der Waals surface area contributed by atoms with Crippen LogP contribution in [-0.2, 0) is 11.3 Å². The van der Waals surface area contributed by atoms with E-state index in [-0.39, 0.29) is 6.54 Å². The molecule has 1 amide bonds. The predicted octanol–water partition coefficient (Wildman–Crippen LogP) is 3.78. The van der Waals surface area contributed by atoms with Crippen LogP contribution in [0.5, 0.6) is 0 Å². The summed E-state index contributed by atoms with van der Waals surface area (Å²) in [6.45, 7) is 6.92. The molecule has 0 aliphatic carbocycles. The Morgan fingerprint density at radius 1 is 1.29 bits per heavy atom. The second kappa shape index (κ2) is 7.24. The third kappa shape index (κ3) is 6.42. The zero-order valence-corrected chi connectivity index (χ0v) is 12.7. The van der Waals surface area contributed by atoms with Crippen LogP contribution < -0.4 is 10.6 Å². The Hall–Kier alpha value is -1.85. The summed E-state index contributed by atoms with van der Waals surface area (Å²) in [6.07, 6.45) is -3.00. The number of para-hydroxylation sites is 1. The number of hydrogen-bond donors (Lipinski definition) is 2. The Balaban J connectivity index is 2.65. The first-order valence-electron chi connectivity index (χ1n) is 6.78. The van der Waals surface area contributed by atoms with Gasteiger partial charge in [0.2, 0.25) is 0 Å². The number of ether oxygens (including phenoxy) is 1. The van der Waals surface area contributed by atoms with Gasteiger partial charge in [-0.25, -0.2) is 13.6 Å². The molecule has 1 atom stereocenters. The molecule has 6 heteroatoms. The van der Waals surface area contributed by atoms with E-state index in [0.717, 1.165) is 5.56 Å². The topological polar surface area (TPSA) is 50.4 Å². The minimum absolute atomic E-state index is 0.202. The molecule has 2 N–H and O–H groups in total. The van der Waals surface area contributed by atoms with E-state index in [1.807, 2.05) is 0 Å². The molecule has 118 valence electrons. The lowest BCUT2D eigenvalue weighted by Crippen LogP contribution is -2.32. The number of alkyl halides is 2. The molecule has 0 saturated carbocycles.